The second-order valence-corrected chi connectivity index (χ2v) is 11.8. The van der Waals surface area contributed by atoms with Crippen molar-refractivity contribution < 1.29 is 40.2 Å². The lowest BCUT2D eigenvalue weighted by atomic mass is 9.97. The Kier molecular flexibility index (Phi) is 9.40. The lowest BCUT2D eigenvalue weighted by Gasteiger charge is -2.24. The standard InChI is InChI=1S/C28H30F5NO4S/c1-27(2,35)25-23(29)15-21(16-24(25)39(3,36)37)38-14-8-13-34(17-19-9-5-4-6-10-19)18-20-11-7-12-22(26(20)30)28(31,32)33/h4-7,9-12,15-16,35H,8,13-14,17-18H2,1-3H3. The van der Waals surface area contributed by atoms with Gasteiger partial charge in [-0.05, 0) is 38.0 Å². The second kappa shape index (κ2) is 12.0. The summed E-state index contributed by atoms with van der Waals surface area (Å²) in [6.07, 6.45) is -3.61. The molecule has 0 aliphatic carbocycles. The third kappa shape index (κ3) is 8.23. The minimum absolute atomic E-state index is 0.0148. The first-order valence-corrected chi connectivity index (χ1v) is 14.0. The van der Waals surface area contributed by atoms with Gasteiger partial charge in [-0.1, -0.05) is 42.5 Å². The summed E-state index contributed by atoms with van der Waals surface area (Å²) in [4.78, 5) is 1.37. The van der Waals surface area contributed by atoms with Gasteiger partial charge in [0.25, 0.3) is 0 Å². The number of hydrogen-bond donors (Lipinski definition) is 1. The van der Waals surface area contributed by atoms with Crippen LogP contribution in [0.1, 0.15) is 42.5 Å². The molecule has 1 N–H and O–H groups in total. The Morgan fingerprint density at radius 2 is 1.62 bits per heavy atom. The van der Waals surface area contributed by atoms with E-state index in [2.05, 4.69) is 0 Å². The Morgan fingerprint density at radius 3 is 2.21 bits per heavy atom. The molecule has 3 rings (SSSR count). The number of ether oxygens (including phenoxy) is 1. The maximum Gasteiger partial charge on any atom is 0.419 e. The molecule has 0 unspecified atom stereocenters. The molecule has 0 fully saturated rings. The molecule has 0 aliphatic rings. The van der Waals surface area contributed by atoms with Crippen molar-refractivity contribution in [2.75, 3.05) is 19.4 Å². The third-order valence-corrected chi connectivity index (χ3v) is 7.07. The molecule has 0 spiro atoms. The highest BCUT2D eigenvalue weighted by molar-refractivity contribution is 7.90. The number of nitrogens with zero attached hydrogens (tertiary/aromatic N) is 1. The van der Waals surface area contributed by atoms with E-state index in [-0.39, 0.29) is 36.6 Å². The number of aliphatic hydroxyl groups is 1. The summed E-state index contributed by atoms with van der Waals surface area (Å²) >= 11 is 0. The fourth-order valence-corrected chi connectivity index (χ4v) is 5.27. The molecule has 3 aromatic carbocycles. The molecule has 0 radical (unpaired) electrons. The number of sulfone groups is 1. The molecule has 0 saturated carbocycles. The van der Waals surface area contributed by atoms with E-state index < -0.39 is 43.7 Å². The summed E-state index contributed by atoms with van der Waals surface area (Å²) in [5.74, 6) is -2.32. The van der Waals surface area contributed by atoms with E-state index in [1.807, 2.05) is 30.3 Å². The van der Waals surface area contributed by atoms with Crippen LogP contribution >= 0.6 is 0 Å². The SMILES string of the molecule is CC(C)(O)c1c(F)cc(OCCCN(Cc2ccccc2)Cc2cccc(C(F)(F)F)c2F)cc1S(C)(=O)=O. The number of alkyl halides is 3. The maximum absolute atomic E-state index is 14.8. The van der Waals surface area contributed by atoms with Gasteiger partial charge in [0.15, 0.2) is 9.84 Å². The molecule has 0 heterocycles. The van der Waals surface area contributed by atoms with Gasteiger partial charge >= 0.3 is 6.18 Å². The maximum atomic E-state index is 14.8. The van der Waals surface area contributed by atoms with Crippen molar-refractivity contribution in [1.82, 2.24) is 4.90 Å². The van der Waals surface area contributed by atoms with Crippen LogP contribution in [-0.2, 0) is 34.7 Å². The topological polar surface area (TPSA) is 66.8 Å². The van der Waals surface area contributed by atoms with Crippen LogP contribution in [0.2, 0.25) is 0 Å². The molecule has 212 valence electrons. The predicted molar refractivity (Wildman–Crippen MR) is 137 cm³/mol. The Hall–Kier alpha value is -3.02. The van der Waals surface area contributed by atoms with Crippen LogP contribution in [-0.4, -0.2) is 37.8 Å². The molecule has 11 heteroatoms. The van der Waals surface area contributed by atoms with Crippen LogP contribution in [0, 0.1) is 11.6 Å². The summed E-state index contributed by atoms with van der Waals surface area (Å²) in [5.41, 5.74) is -2.69. The lowest BCUT2D eigenvalue weighted by molar-refractivity contribution is -0.140. The third-order valence-electron chi connectivity index (χ3n) is 5.95. The minimum Gasteiger partial charge on any atom is -0.493 e. The van der Waals surface area contributed by atoms with Gasteiger partial charge < -0.3 is 9.84 Å². The Balaban J connectivity index is 1.76. The first-order chi connectivity index (χ1) is 18.1. The van der Waals surface area contributed by atoms with Crippen LogP contribution in [0.4, 0.5) is 22.0 Å². The first-order valence-electron chi connectivity index (χ1n) is 12.1. The highest BCUT2D eigenvalue weighted by atomic mass is 32.2. The molecule has 0 saturated heterocycles. The van der Waals surface area contributed by atoms with E-state index >= 15 is 0 Å². The Bertz CT molecular complexity index is 1390. The van der Waals surface area contributed by atoms with Crippen LogP contribution in [0.25, 0.3) is 0 Å². The first kappa shape index (κ1) is 30.5. The Morgan fingerprint density at radius 1 is 0.949 bits per heavy atom. The van der Waals surface area contributed by atoms with Gasteiger partial charge in [-0.2, -0.15) is 13.2 Å². The molecule has 39 heavy (non-hydrogen) atoms. The largest absolute Gasteiger partial charge is 0.493 e. The summed E-state index contributed by atoms with van der Waals surface area (Å²) in [7, 11) is -3.90. The van der Waals surface area contributed by atoms with E-state index in [9.17, 15) is 35.5 Å². The van der Waals surface area contributed by atoms with Crippen LogP contribution in [0.3, 0.4) is 0 Å². The number of hydrogen-bond acceptors (Lipinski definition) is 5. The van der Waals surface area contributed by atoms with E-state index in [0.29, 0.717) is 19.0 Å². The highest BCUT2D eigenvalue weighted by Crippen LogP contribution is 2.34. The number of rotatable bonds is 11. The quantitative estimate of drug-likeness (QED) is 0.223. The minimum atomic E-state index is -4.82. The molecule has 0 aliphatic heterocycles. The van der Waals surface area contributed by atoms with Gasteiger partial charge in [0, 0.05) is 43.1 Å². The number of halogens is 5. The molecular weight excluding hydrogens is 541 g/mol. The van der Waals surface area contributed by atoms with E-state index in [1.54, 1.807) is 4.90 Å². The predicted octanol–water partition coefficient (Wildman–Crippen LogP) is 6.09. The van der Waals surface area contributed by atoms with Crippen molar-refractivity contribution in [3.8, 4) is 5.75 Å². The van der Waals surface area contributed by atoms with E-state index in [0.717, 1.165) is 30.0 Å². The van der Waals surface area contributed by atoms with Gasteiger partial charge in [-0.15, -0.1) is 0 Å². The van der Waals surface area contributed by atoms with E-state index in [1.165, 1.54) is 19.9 Å². The fraction of sp³-hybridized carbons (Fsp3) is 0.357. The zero-order chi connectivity index (χ0) is 29.0. The Labute approximate surface area is 224 Å². The summed E-state index contributed by atoms with van der Waals surface area (Å²) in [6, 6.07) is 14.4. The molecule has 3 aromatic rings. The average Bonchev–Trinajstić information content (AvgIpc) is 2.81. The summed E-state index contributed by atoms with van der Waals surface area (Å²) < 4.78 is 99.1. The van der Waals surface area contributed by atoms with Crippen LogP contribution in [0.5, 0.6) is 5.75 Å². The normalized spacial score (nSPS) is 12.7. The molecule has 0 atom stereocenters. The summed E-state index contributed by atoms with van der Waals surface area (Å²) in [6.45, 7) is 3.07. The monoisotopic (exact) mass is 571 g/mol. The fourth-order valence-electron chi connectivity index (χ4n) is 4.22. The van der Waals surface area contributed by atoms with Crippen molar-refractivity contribution in [1.29, 1.82) is 0 Å². The van der Waals surface area contributed by atoms with Crippen molar-refractivity contribution in [3.05, 3.63) is 94.6 Å². The molecule has 5 nitrogen and oxygen atoms in total. The van der Waals surface area contributed by atoms with Gasteiger partial charge in [0.05, 0.1) is 22.7 Å². The van der Waals surface area contributed by atoms with Gasteiger partial charge in [0.1, 0.15) is 17.4 Å². The van der Waals surface area contributed by atoms with Crippen molar-refractivity contribution >= 4 is 9.84 Å². The molecule has 0 bridgehead atoms. The number of benzene rings is 3. The van der Waals surface area contributed by atoms with Crippen LogP contribution in [0.15, 0.2) is 65.6 Å². The van der Waals surface area contributed by atoms with Gasteiger partial charge in [-0.3, -0.25) is 4.90 Å². The molecule has 0 amide bonds. The highest BCUT2D eigenvalue weighted by Gasteiger charge is 2.35. The zero-order valence-electron chi connectivity index (χ0n) is 21.7. The molecule has 0 aromatic heterocycles. The summed E-state index contributed by atoms with van der Waals surface area (Å²) in [5, 5.41) is 10.3. The van der Waals surface area contributed by atoms with Crippen molar-refractivity contribution in [2.24, 2.45) is 0 Å². The molecular formula is C28H30F5NO4S. The van der Waals surface area contributed by atoms with Crippen molar-refractivity contribution in [3.63, 3.8) is 0 Å². The van der Waals surface area contributed by atoms with Gasteiger partial charge in [-0.25, -0.2) is 17.2 Å². The van der Waals surface area contributed by atoms with E-state index in [4.69, 9.17) is 4.74 Å². The smallest absolute Gasteiger partial charge is 0.419 e. The average molecular weight is 572 g/mol. The second-order valence-electron chi connectivity index (χ2n) is 9.78. The van der Waals surface area contributed by atoms with Crippen LogP contribution < -0.4 is 4.74 Å². The lowest BCUT2D eigenvalue weighted by Crippen LogP contribution is -2.26. The zero-order valence-corrected chi connectivity index (χ0v) is 22.5. The van der Waals surface area contributed by atoms with Crippen molar-refractivity contribution in [2.45, 2.75) is 50.0 Å². The van der Waals surface area contributed by atoms with Gasteiger partial charge in [0.2, 0.25) is 0 Å².